The number of rotatable bonds is 3. The summed E-state index contributed by atoms with van der Waals surface area (Å²) < 4.78 is 3.01. The van der Waals surface area contributed by atoms with E-state index in [0.717, 1.165) is 5.69 Å². The highest BCUT2D eigenvalue weighted by Crippen LogP contribution is 2.24. The van der Waals surface area contributed by atoms with E-state index in [1.807, 2.05) is 31.3 Å². The molecular weight excluding hydrogens is 352 g/mol. The summed E-state index contributed by atoms with van der Waals surface area (Å²) in [6.07, 6.45) is 1.35. The molecule has 130 valence electrons. The van der Waals surface area contributed by atoms with E-state index in [1.54, 1.807) is 24.3 Å². The monoisotopic (exact) mass is 366 g/mol. The third-order valence-corrected chi connectivity index (χ3v) is 4.40. The average molecular weight is 367 g/mol. The van der Waals surface area contributed by atoms with E-state index in [2.05, 4.69) is 15.3 Å². The third kappa shape index (κ3) is 2.49. The summed E-state index contributed by atoms with van der Waals surface area (Å²) in [6.45, 7) is 0. The zero-order valence-corrected chi connectivity index (χ0v) is 14.6. The first-order valence-electron chi connectivity index (χ1n) is 7.88. The van der Waals surface area contributed by atoms with Crippen molar-refractivity contribution >= 4 is 34.3 Å². The normalized spacial score (nSPS) is 11.0. The van der Waals surface area contributed by atoms with Gasteiger partial charge in [0.1, 0.15) is 11.8 Å². The van der Waals surface area contributed by atoms with Gasteiger partial charge in [0.2, 0.25) is 0 Å². The maximum Gasteiger partial charge on any atom is 0.339 e. The highest BCUT2D eigenvalue weighted by molar-refractivity contribution is 6.30. The molecule has 4 rings (SSSR count). The molecule has 0 spiro atoms. The molecule has 0 radical (unpaired) electrons. The summed E-state index contributed by atoms with van der Waals surface area (Å²) in [4.78, 5) is 21.6. The number of anilines is 2. The number of hydrogen-bond donors (Lipinski definition) is 2. The van der Waals surface area contributed by atoms with E-state index in [4.69, 9.17) is 17.3 Å². The lowest BCUT2D eigenvalue weighted by Crippen LogP contribution is -2.22. The molecule has 0 saturated carbocycles. The number of imidazole rings is 1. The van der Waals surface area contributed by atoms with Crippen LogP contribution >= 0.6 is 11.6 Å². The number of hydrogen-bond acceptors (Lipinski definition) is 5. The molecule has 8 heteroatoms. The van der Waals surface area contributed by atoms with Gasteiger partial charge in [-0.15, -0.1) is 0 Å². The Morgan fingerprint density at radius 3 is 2.23 bits per heavy atom. The average Bonchev–Trinajstić information content (AvgIpc) is 2.96. The van der Waals surface area contributed by atoms with Gasteiger partial charge in [0.25, 0.3) is 0 Å². The highest BCUT2D eigenvalue weighted by atomic mass is 35.5. The maximum absolute atomic E-state index is 13.2. The molecular formula is C18H15ClN6O. The highest BCUT2D eigenvalue weighted by Gasteiger charge is 2.19. The second kappa shape index (κ2) is 6.20. The Labute approximate surface area is 153 Å². The molecule has 0 fully saturated rings. The molecule has 0 saturated heterocycles. The molecule has 7 nitrogen and oxygen atoms in total. The van der Waals surface area contributed by atoms with Crippen LogP contribution in [0.2, 0.25) is 5.02 Å². The first-order valence-corrected chi connectivity index (χ1v) is 8.26. The van der Waals surface area contributed by atoms with Crippen molar-refractivity contribution in [1.82, 2.24) is 19.1 Å². The van der Waals surface area contributed by atoms with Crippen molar-refractivity contribution in [3.63, 3.8) is 0 Å². The lowest BCUT2D eigenvalue weighted by atomic mass is 10.3. The molecule has 0 aliphatic heterocycles. The van der Waals surface area contributed by atoms with Gasteiger partial charge in [-0.2, -0.15) is 0 Å². The number of benzene rings is 2. The fourth-order valence-electron chi connectivity index (χ4n) is 2.89. The number of fused-ring (bicyclic) bond motifs is 1. The number of nitrogens with zero attached hydrogens (tertiary/aromatic N) is 4. The number of aromatic nitrogens is 4. The molecule has 3 N–H and O–H groups in total. The Morgan fingerprint density at radius 1 is 0.962 bits per heavy atom. The van der Waals surface area contributed by atoms with Gasteiger partial charge in [-0.25, -0.2) is 19.3 Å². The summed E-state index contributed by atoms with van der Waals surface area (Å²) in [5.41, 5.74) is 8.94. The van der Waals surface area contributed by atoms with Gasteiger partial charge in [-0.05, 0) is 48.5 Å². The zero-order valence-electron chi connectivity index (χ0n) is 13.8. The molecule has 0 unspecified atom stereocenters. The molecule has 4 aromatic rings. The minimum atomic E-state index is -0.285. The molecule has 0 amide bonds. The second-order valence-corrected chi connectivity index (χ2v) is 6.09. The second-order valence-electron chi connectivity index (χ2n) is 5.66. The minimum absolute atomic E-state index is 0.229. The van der Waals surface area contributed by atoms with Crippen LogP contribution in [0.25, 0.3) is 22.5 Å². The van der Waals surface area contributed by atoms with Crippen LogP contribution in [0.3, 0.4) is 0 Å². The van der Waals surface area contributed by atoms with E-state index in [0.29, 0.717) is 27.6 Å². The predicted octanol–water partition coefficient (Wildman–Crippen LogP) is 2.85. The van der Waals surface area contributed by atoms with Gasteiger partial charge < -0.3 is 11.1 Å². The fraction of sp³-hybridized carbons (Fsp3) is 0.0556. The smallest absolute Gasteiger partial charge is 0.339 e. The lowest BCUT2D eigenvalue weighted by Gasteiger charge is -2.04. The zero-order chi connectivity index (χ0) is 18.3. The van der Waals surface area contributed by atoms with Crippen LogP contribution in [0.4, 0.5) is 11.5 Å². The van der Waals surface area contributed by atoms with E-state index in [-0.39, 0.29) is 11.5 Å². The maximum atomic E-state index is 13.2. The van der Waals surface area contributed by atoms with Crippen molar-refractivity contribution in [3.05, 3.63) is 70.4 Å². The van der Waals surface area contributed by atoms with Gasteiger partial charge in [0, 0.05) is 17.8 Å². The quantitative estimate of drug-likeness (QED) is 0.581. The summed E-state index contributed by atoms with van der Waals surface area (Å²) in [7, 11) is 1.83. The Bertz CT molecular complexity index is 1150. The molecule has 26 heavy (non-hydrogen) atoms. The van der Waals surface area contributed by atoms with Crippen LogP contribution in [0.5, 0.6) is 0 Å². The van der Waals surface area contributed by atoms with Gasteiger partial charge in [-0.3, -0.25) is 4.57 Å². The van der Waals surface area contributed by atoms with E-state index in [9.17, 15) is 4.79 Å². The predicted molar refractivity (Wildman–Crippen MR) is 103 cm³/mol. The standard InChI is InChI=1S/C18H15ClN6O/c1-21-12-4-8-14(9-5-12)25-17-15(16(20)22-10-23-17)24(18(25)26)13-6-2-11(19)3-7-13/h2-10,21H,1H3,(H2,20,22,23). The summed E-state index contributed by atoms with van der Waals surface area (Å²) in [5.74, 6) is 0.229. The van der Waals surface area contributed by atoms with Gasteiger partial charge in [0.15, 0.2) is 11.5 Å². The molecule has 0 aliphatic rings. The third-order valence-electron chi connectivity index (χ3n) is 4.15. The summed E-state index contributed by atoms with van der Waals surface area (Å²) >= 11 is 5.97. The molecule has 2 heterocycles. The number of halogens is 1. The Hall–Kier alpha value is -3.32. The Morgan fingerprint density at radius 2 is 1.58 bits per heavy atom. The van der Waals surface area contributed by atoms with Crippen molar-refractivity contribution in [2.24, 2.45) is 0 Å². The van der Waals surface area contributed by atoms with Crippen molar-refractivity contribution in [2.45, 2.75) is 0 Å². The van der Waals surface area contributed by atoms with E-state index in [1.165, 1.54) is 15.5 Å². The van der Waals surface area contributed by atoms with Crippen LogP contribution in [-0.2, 0) is 0 Å². The fourth-order valence-corrected chi connectivity index (χ4v) is 3.01. The largest absolute Gasteiger partial charge is 0.388 e. The van der Waals surface area contributed by atoms with Crippen LogP contribution < -0.4 is 16.7 Å². The van der Waals surface area contributed by atoms with Gasteiger partial charge in [-0.1, -0.05) is 11.6 Å². The van der Waals surface area contributed by atoms with Crippen molar-refractivity contribution in [3.8, 4) is 11.4 Å². The summed E-state index contributed by atoms with van der Waals surface area (Å²) in [5, 5.41) is 3.63. The van der Waals surface area contributed by atoms with Crippen LogP contribution in [0.1, 0.15) is 0 Å². The molecule has 0 bridgehead atoms. The summed E-state index contributed by atoms with van der Waals surface area (Å²) in [6, 6.07) is 14.4. The Kier molecular flexibility index (Phi) is 3.85. The number of nitrogen functional groups attached to an aromatic ring is 1. The van der Waals surface area contributed by atoms with Gasteiger partial charge in [0.05, 0.1) is 11.4 Å². The first kappa shape index (κ1) is 16.2. The first-order chi connectivity index (χ1) is 12.6. The number of nitrogens with one attached hydrogen (secondary N) is 1. The molecule has 0 atom stereocenters. The van der Waals surface area contributed by atoms with E-state index < -0.39 is 0 Å². The molecule has 2 aromatic carbocycles. The minimum Gasteiger partial charge on any atom is -0.388 e. The van der Waals surface area contributed by atoms with Crippen molar-refractivity contribution in [2.75, 3.05) is 18.1 Å². The lowest BCUT2D eigenvalue weighted by molar-refractivity contribution is 0.925. The van der Waals surface area contributed by atoms with Crippen LogP contribution in [0.15, 0.2) is 59.7 Å². The molecule has 2 aromatic heterocycles. The number of nitrogens with two attached hydrogens (primary N) is 1. The van der Waals surface area contributed by atoms with Crippen LogP contribution in [-0.4, -0.2) is 26.1 Å². The van der Waals surface area contributed by atoms with Crippen LogP contribution in [0, 0.1) is 0 Å². The Balaban J connectivity index is 2.05. The van der Waals surface area contributed by atoms with Crippen molar-refractivity contribution in [1.29, 1.82) is 0 Å². The van der Waals surface area contributed by atoms with Gasteiger partial charge >= 0.3 is 5.69 Å². The topological polar surface area (TPSA) is 90.8 Å². The molecule has 0 aliphatic carbocycles. The van der Waals surface area contributed by atoms with E-state index >= 15 is 0 Å². The SMILES string of the molecule is CNc1ccc(-n2c(=O)n(-c3ccc(Cl)cc3)c3c(N)ncnc32)cc1. The van der Waals surface area contributed by atoms with Crippen molar-refractivity contribution < 1.29 is 0 Å².